The summed E-state index contributed by atoms with van der Waals surface area (Å²) in [4.78, 5) is 56.2. The first-order valence-electron chi connectivity index (χ1n) is 22.0. The lowest BCUT2D eigenvalue weighted by molar-refractivity contribution is -0.141. The number of nitrogens with one attached hydrogen (secondary N) is 2. The highest BCUT2D eigenvalue weighted by Gasteiger charge is 2.52. The van der Waals surface area contributed by atoms with Crippen molar-refractivity contribution in [3.63, 3.8) is 0 Å². The van der Waals surface area contributed by atoms with Crippen LogP contribution in [0.4, 0.5) is 37.7 Å². The van der Waals surface area contributed by atoms with Crippen LogP contribution in [0.2, 0.25) is 0 Å². The highest BCUT2D eigenvalue weighted by atomic mass is 32.1. The molecule has 2 saturated heterocycles. The zero-order chi connectivity index (χ0) is 50.0. The molecule has 2 unspecified atom stereocenters. The molecule has 4 heterocycles. The number of H-pyrrole nitrogens is 1. The number of hydrogen-bond donors (Lipinski definition) is 2. The number of alkyl halides is 3. The summed E-state index contributed by atoms with van der Waals surface area (Å²) >= 11 is 5.45. The molecule has 0 spiro atoms. The van der Waals surface area contributed by atoms with E-state index in [-0.39, 0.29) is 42.4 Å². The molecule has 2 fully saturated rings. The van der Waals surface area contributed by atoms with Gasteiger partial charge in [0.25, 0.3) is 5.91 Å². The van der Waals surface area contributed by atoms with Crippen LogP contribution < -0.4 is 19.9 Å². The van der Waals surface area contributed by atoms with Crippen molar-refractivity contribution < 1.29 is 50.2 Å². The van der Waals surface area contributed by atoms with E-state index < -0.39 is 68.5 Å². The van der Waals surface area contributed by atoms with E-state index in [1.54, 1.807) is 47.5 Å². The monoisotopic (exact) mass is 974 g/mol. The third-order valence-corrected chi connectivity index (χ3v) is 12.2. The van der Waals surface area contributed by atoms with Crippen molar-refractivity contribution in [2.24, 2.45) is 5.41 Å². The van der Waals surface area contributed by atoms with Crippen LogP contribution in [0.1, 0.15) is 83.3 Å². The molecule has 362 valence electrons. The van der Waals surface area contributed by atoms with Crippen LogP contribution in [0, 0.1) is 34.2 Å². The molecule has 20 heteroatoms. The summed E-state index contributed by atoms with van der Waals surface area (Å²) < 4.78 is 97.4. The second kappa shape index (κ2) is 20.0. The number of imidazole rings is 1. The predicted octanol–water partition coefficient (Wildman–Crippen LogP) is 9.43. The molecule has 69 heavy (non-hydrogen) atoms. The number of ether oxygens (including phenoxy) is 2. The van der Waals surface area contributed by atoms with Crippen molar-refractivity contribution in [2.45, 2.75) is 84.1 Å². The lowest BCUT2D eigenvalue weighted by atomic mass is 9.85. The Hall–Kier alpha value is -6.85. The summed E-state index contributed by atoms with van der Waals surface area (Å²) in [6.45, 7) is 9.24. The second-order valence-corrected chi connectivity index (χ2v) is 18.5. The average molecular weight is 975 g/mol. The maximum Gasteiger partial charge on any atom is 0.420 e. The zero-order valence-electron chi connectivity index (χ0n) is 38.2. The third-order valence-electron chi connectivity index (χ3n) is 11.9. The van der Waals surface area contributed by atoms with Gasteiger partial charge in [0.15, 0.2) is 16.7 Å². The highest BCUT2D eigenvalue weighted by molar-refractivity contribution is 7.81. The van der Waals surface area contributed by atoms with Gasteiger partial charge in [-0.15, -0.1) is 0 Å². The Balaban J connectivity index is 0.877. The number of pyridine rings is 1. The Bertz CT molecular complexity index is 2790. The number of amides is 3. The third kappa shape index (κ3) is 10.6. The summed E-state index contributed by atoms with van der Waals surface area (Å²) in [6.07, 6.45) is 0.246. The van der Waals surface area contributed by atoms with Gasteiger partial charge in [-0.05, 0) is 123 Å². The fourth-order valence-electron chi connectivity index (χ4n) is 8.30. The first-order chi connectivity index (χ1) is 32.6. The van der Waals surface area contributed by atoms with Crippen molar-refractivity contribution in [3.8, 4) is 34.3 Å². The number of benzene rings is 3. The molecule has 2 N–H and O–H groups in total. The quantitative estimate of drug-likeness (QED) is 0.0589. The summed E-state index contributed by atoms with van der Waals surface area (Å²) in [6, 6.07) is 15.3. The van der Waals surface area contributed by atoms with Gasteiger partial charge in [0.1, 0.15) is 46.8 Å². The molecule has 0 saturated carbocycles. The molecule has 0 bridgehead atoms. The average Bonchev–Trinajstić information content (AvgIpc) is 4.02. The van der Waals surface area contributed by atoms with E-state index in [1.807, 2.05) is 20.8 Å². The minimum absolute atomic E-state index is 0.0151. The Morgan fingerprint density at radius 2 is 1.65 bits per heavy atom. The fraction of sp³-hybridized carbons (Fsp3) is 0.367. The van der Waals surface area contributed by atoms with Crippen LogP contribution in [0.5, 0.6) is 5.75 Å². The Morgan fingerprint density at radius 1 is 0.971 bits per heavy atom. The molecule has 0 radical (unpaired) electrons. The van der Waals surface area contributed by atoms with Crippen molar-refractivity contribution in [1.82, 2.24) is 25.2 Å². The maximum atomic E-state index is 15.7. The molecule has 2 aliphatic heterocycles. The summed E-state index contributed by atoms with van der Waals surface area (Å²) in [5.41, 5.74) is -4.06. The molecule has 2 aromatic heterocycles. The molecule has 13 nitrogen and oxygen atoms in total. The summed E-state index contributed by atoms with van der Waals surface area (Å²) in [5.74, 6) is -3.45. The first kappa shape index (κ1) is 50.0. The number of halogens is 6. The number of likely N-dealkylation sites (tertiary alicyclic amines) is 1. The number of nitrogens with zero attached hydrogens (tertiary/aromatic N) is 6. The maximum absolute atomic E-state index is 15.7. The van der Waals surface area contributed by atoms with Gasteiger partial charge in [0, 0.05) is 24.8 Å². The number of carbonyl (C=O) groups is 3. The van der Waals surface area contributed by atoms with E-state index in [1.165, 1.54) is 43.1 Å². The summed E-state index contributed by atoms with van der Waals surface area (Å²) in [7, 11) is 0. The number of carbonyl (C=O) groups excluding carboxylic acids is 3. The lowest BCUT2D eigenvalue weighted by Gasteiger charge is -2.35. The van der Waals surface area contributed by atoms with Crippen LogP contribution >= 0.6 is 12.2 Å². The predicted molar refractivity (Wildman–Crippen MR) is 247 cm³/mol. The molecule has 7 rings (SSSR count). The Morgan fingerprint density at radius 3 is 2.30 bits per heavy atom. The molecular weight excluding hydrogens is 927 g/mol. The van der Waals surface area contributed by atoms with E-state index in [2.05, 4.69) is 20.3 Å². The van der Waals surface area contributed by atoms with Crippen LogP contribution in [0.3, 0.4) is 0 Å². The van der Waals surface area contributed by atoms with E-state index in [0.717, 1.165) is 30.2 Å². The normalized spacial score (nSPS) is 16.5. The van der Waals surface area contributed by atoms with Gasteiger partial charge < -0.3 is 29.6 Å². The van der Waals surface area contributed by atoms with Crippen LogP contribution in [0.15, 0.2) is 79.1 Å². The fourth-order valence-corrected chi connectivity index (χ4v) is 8.81. The Kier molecular flexibility index (Phi) is 14.5. The molecule has 3 aromatic carbocycles. The Labute approximate surface area is 399 Å². The molecular formula is C49H48F6N8O5S. The number of thiocarbonyl (C=S) groups is 1. The topological polar surface area (TPSA) is 157 Å². The zero-order valence-corrected chi connectivity index (χ0v) is 39.0. The molecule has 2 aliphatic rings. The highest BCUT2D eigenvalue weighted by Crippen LogP contribution is 2.42. The van der Waals surface area contributed by atoms with Crippen LogP contribution in [-0.4, -0.2) is 80.6 Å². The number of unbranched alkanes of at least 4 members (excludes halogenated alkanes) is 1. The van der Waals surface area contributed by atoms with Gasteiger partial charge in [0.05, 0.1) is 53.7 Å². The molecule has 2 atom stereocenters. The van der Waals surface area contributed by atoms with Crippen molar-refractivity contribution in [1.29, 1.82) is 5.26 Å². The van der Waals surface area contributed by atoms with Crippen LogP contribution in [-0.2, 0) is 25.3 Å². The van der Waals surface area contributed by atoms with Crippen LogP contribution in [0.25, 0.3) is 22.5 Å². The molecule has 5 aromatic rings. The van der Waals surface area contributed by atoms with Gasteiger partial charge in [-0.1, -0.05) is 20.8 Å². The van der Waals surface area contributed by atoms with Crippen molar-refractivity contribution >= 4 is 46.4 Å². The van der Waals surface area contributed by atoms with E-state index in [0.29, 0.717) is 60.1 Å². The van der Waals surface area contributed by atoms with E-state index >= 15 is 8.78 Å². The standard InChI is InChI=1S/C49H48F6N8O5S/c1-47(2,3)42(44(65)61-20-8-9-37(61)43-58-26-35(59-43)28-10-15-31(50)16-11-28)60-38(64)27-67-21-6-7-22-68-33-17-12-29(13-18-33)41-34(51)23-32(25-57-41)63-46(69)62(45(66)48(63,4)5)36-19-14-30(24-56)39(40(36)52)49(53,54)55/h10-19,23,25-26,37,42H,6-9,20-22,27H2,1-5H3,(H,58,59)(H,60,64). The number of hydrogen-bond acceptors (Lipinski definition) is 9. The lowest BCUT2D eigenvalue weighted by Crippen LogP contribution is -2.55. The van der Waals surface area contributed by atoms with Gasteiger partial charge in [-0.3, -0.25) is 24.3 Å². The van der Waals surface area contributed by atoms with Gasteiger partial charge >= 0.3 is 6.18 Å². The van der Waals surface area contributed by atoms with Gasteiger partial charge in [-0.2, -0.15) is 18.4 Å². The minimum Gasteiger partial charge on any atom is -0.494 e. The van der Waals surface area contributed by atoms with Crippen molar-refractivity contribution in [2.75, 3.05) is 36.2 Å². The van der Waals surface area contributed by atoms with E-state index in [4.69, 9.17) is 27.0 Å². The largest absolute Gasteiger partial charge is 0.494 e. The van der Waals surface area contributed by atoms with Crippen molar-refractivity contribution in [3.05, 3.63) is 114 Å². The SMILES string of the molecule is CC(C)(C)C(NC(=O)COCCCCOc1ccc(-c2ncc(N3C(=S)N(c4ccc(C#N)c(C(F)(F)F)c4F)C(=O)C3(C)C)cc2F)cc1)C(=O)N1CCCC1c1ncc(-c2ccc(F)cc2)[nH]1. The number of aromatic amines is 1. The van der Waals surface area contributed by atoms with Gasteiger partial charge in [0.2, 0.25) is 11.8 Å². The number of nitriles is 1. The van der Waals surface area contributed by atoms with Gasteiger partial charge in [-0.25, -0.2) is 18.2 Å². The molecule has 0 aliphatic carbocycles. The number of rotatable bonds is 15. The first-order valence-corrected chi connectivity index (χ1v) is 22.4. The number of aromatic nitrogens is 3. The van der Waals surface area contributed by atoms with E-state index in [9.17, 15) is 31.9 Å². The smallest absolute Gasteiger partial charge is 0.420 e. The number of anilines is 2. The summed E-state index contributed by atoms with van der Waals surface area (Å²) in [5, 5.41) is 11.6. The second-order valence-electron chi connectivity index (χ2n) is 18.2. The molecule has 3 amide bonds. The minimum atomic E-state index is -5.25.